The summed E-state index contributed by atoms with van der Waals surface area (Å²) in [7, 11) is 0. The number of oxazole rings is 3. The summed E-state index contributed by atoms with van der Waals surface area (Å²) in [6.45, 7) is 0. The molecule has 4 heterocycles. The Hall–Kier alpha value is -20.1. The number of benzene rings is 25. The molecule has 149 heavy (non-hydrogen) atoms. The second-order valence-electron chi connectivity index (χ2n) is 37.7. The maximum atomic E-state index is 6.52. The summed E-state index contributed by atoms with van der Waals surface area (Å²) in [6.07, 6.45) is 0. The van der Waals surface area contributed by atoms with Crippen LogP contribution < -0.4 is 14.7 Å². The zero-order valence-electron chi connectivity index (χ0n) is 80.8. The first-order valence-electron chi connectivity index (χ1n) is 50.3. The van der Waals surface area contributed by atoms with Gasteiger partial charge >= 0.3 is 0 Å². The van der Waals surface area contributed by atoms with Gasteiger partial charge in [-0.2, -0.15) is 0 Å². The van der Waals surface area contributed by atoms with E-state index in [1.165, 1.54) is 38.4 Å². The molecular weight excluding hydrogens is 1820 g/mol. The van der Waals surface area contributed by atoms with Crippen molar-refractivity contribution in [3.8, 4) is 90.0 Å². The van der Waals surface area contributed by atoms with Gasteiger partial charge in [-0.3, -0.25) is 0 Å². The topological polar surface area (TPSA) is 101 Å². The lowest BCUT2D eigenvalue weighted by Gasteiger charge is -2.26. The predicted molar refractivity (Wildman–Crippen MR) is 619 cm³/mol. The third kappa shape index (κ3) is 16.9. The SMILES string of the molecule is c1ccc(-c2ccc(N(c3ccc(-c4ccc5ccc6ccc7nc(-c8ccccc8)oc7c6c5c4)cc3)c3ccc4c(c3)oc3ccccc34)cc2)cc1.c1ccc(-c2ccc(N(c3cccc(-c4ccc5ccc6ccc7nc(-c8ccccc8)oc7c6c5c4)c3)c3ccc4ccccc4c3)cc2)cc1.c1ccc(-c2nc3ccc4ccc5ccc(-c6ccc(N(c7ccccc7)c7ccccc7)cc6)cc5c4c3o2)cc1. The maximum Gasteiger partial charge on any atom is 0.227 e. The molecule has 0 saturated heterocycles. The molecular formula is C139H90N6O4. The minimum absolute atomic E-state index is 0.630. The Bertz CT molecular complexity index is 10000. The van der Waals surface area contributed by atoms with Crippen LogP contribution in [-0.2, 0) is 0 Å². The summed E-state index contributed by atoms with van der Waals surface area (Å²) >= 11 is 0. The monoisotopic (exact) mass is 1910 g/mol. The Balaban J connectivity index is 0.000000111. The number of hydrogen-bond acceptors (Lipinski definition) is 10. The number of fused-ring (bicyclic) bond motifs is 19. The van der Waals surface area contributed by atoms with Gasteiger partial charge in [0, 0.05) is 101 Å². The molecule has 29 rings (SSSR count). The number of rotatable bonds is 17. The van der Waals surface area contributed by atoms with E-state index in [0.29, 0.717) is 17.7 Å². The Morgan fingerprint density at radius 3 is 0.812 bits per heavy atom. The zero-order valence-corrected chi connectivity index (χ0v) is 80.8. The number of hydrogen-bond donors (Lipinski definition) is 0. The zero-order chi connectivity index (χ0) is 98.6. The van der Waals surface area contributed by atoms with Crippen molar-refractivity contribution in [1.82, 2.24) is 15.0 Å². The fourth-order valence-corrected chi connectivity index (χ4v) is 21.2. The largest absolute Gasteiger partial charge is 0.456 e. The third-order valence-electron chi connectivity index (χ3n) is 28.6. The van der Waals surface area contributed by atoms with Gasteiger partial charge in [0.1, 0.15) is 27.7 Å². The van der Waals surface area contributed by atoms with Crippen molar-refractivity contribution < 1.29 is 17.7 Å². The van der Waals surface area contributed by atoms with Crippen LogP contribution in [0.4, 0.5) is 51.2 Å². The number of furan rings is 1. The van der Waals surface area contributed by atoms with Crippen molar-refractivity contribution in [2.45, 2.75) is 0 Å². The number of anilines is 9. The summed E-state index contributed by atoms with van der Waals surface area (Å²) in [5.74, 6) is 1.91. The van der Waals surface area contributed by atoms with Gasteiger partial charge in [0.2, 0.25) is 17.7 Å². The fourth-order valence-electron chi connectivity index (χ4n) is 21.2. The molecule has 25 aromatic carbocycles. The molecule has 0 amide bonds. The van der Waals surface area contributed by atoms with E-state index in [1.54, 1.807) is 0 Å². The van der Waals surface area contributed by atoms with Gasteiger partial charge in [0.05, 0.1) is 0 Å². The van der Waals surface area contributed by atoms with E-state index in [-0.39, 0.29) is 0 Å². The van der Waals surface area contributed by atoms with Gasteiger partial charge in [-0.05, 0) is 303 Å². The van der Waals surface area contributed by atoms with Gasteiger partial charge < -0.3 is 32.4 Å². The lowest BCUT2D eigenvalue weighted by atomic mass is 9.96. The molecule has 0 bridgehead atoms. The summed E-state index contributed by atoms with van der Waals surface area (Å²) in [5.41, 5.74) is 31.1. The van der Waals surface area contributed by atoms with Crippen LogP contribution in [0.3, 0.4) is 0 Å². The Morgan fingerprint density at radius 2 is 0.389 bits per heavy atom. The Kier molecular flexibility index (Phi) is 22.4. The highest BCUT2D eigenvalue weighted by Crippen LogP contribution is 2.48. The lowest BCUT2D eigenvalue weighted by Crippen LogP contribution is -2.10. The summed E-state index contributed by atoms with van der Waals surface area (Å²) in [5, 5.41) is 18.2. The van der Waals surface area contributed by atoms with E-state index in [0.717, 1.165) is 216 Å². The van der Waals surface area contributed by atoms with Gasteiger partial charge in [0.15, 0.2) is 16.7 Å². The summed E-state index contributed by atoms with van der Waals surface area (Å²) in [4.78, 5) is 21.5. The molecule has 700 valence electrons. The first-order valence-corrected chi connectivity index (χ1v) is 50.3. The maximum absolute atomic E-state index is 6.52. The minimum atomic E-state index is 0.630. The van der Waals surface area contributed by atoms with Crippen molar-refractivity contribution in [3.63, 3.8) is 0 Å². The smallest absolute Gasteiger partial charge is 0.227 e. The van der Waals surface area contributed by atoms with Crippen LogP contribution in [0.1, 0.15) is 0 Å². The molecule has 0 aliphatic rings. The molecule has 10 nitrogen and oxygen atoms in total. The van der Waals surface area contributed by atoms with Crippen LogP contribution in [-0.4, -0.2) is 15.0 Å². The number of nitrogens with zero attached hydrogens (tertiary/aromatic N) is 6. The van der Waals surface area contributed by atoms with E-state index in [1.807, 2.05) is 121 Å². The van der Waals surface area contributed by atoms with E-state index in [2.05, 4.69) is 439 Å². The molecule has 0 atom stereocenters. The molecule has 0 aliphatic carbocycles. The van der Waals surface area contributed by atoms with Crippen LogP contribution in [0.15, 0.2) is 564 Å². The molecule has 10 heteroatoms. The highest BCUT2D eigenvalue weighted by atomic mass is 16.4. The first kappa shape index (κ1) is 87.9. The fraction of sp³-hybridized carbons (Fsp3) is 0. The summed E-state index contributed by atoms with van der Waals surface area (Å²) < 4.78 is 25.8. The van der Waals surface area contributed by atoms with E-state index in [9.17, 15) is 0 Å². The molecule has 0 saturated carbocycles. The van der Waals surface area contributed by atoms with E-state index < -0.39 is 0 Å². The molecule has 0 spiro atoms. The number of aromatic nitrogens is 3. The van der Waals surface area contributed by atoms with Crippen molar-refractivity contribution >= 4 is 182 Å². The van der Waals surface area contributed by atoms with Crippen LogP contribution in [0.5, 0.6) is 0 Å². The van der Waals surface area contributed by atoms with Gasteiger partial charge in [-0.25, -0.2) is 15.0 Å². The van der Waals surface area contributed by atoms with Crippen molar-refractivity contribution in [2.24, 2.45) is 0 Å². The molecule has 29 aromatic rings. The second-order valence-corrected chi connectivity index (χ2v) is 37.7. The normalized spacial score (nSPS) is 11.5. The highest BCUT2D eigenvalue weighted by Gasteiger charge is 2.24. The van der Waals surface area contributed by atoms with Crippen molar-refractivity contribution in [3.05, 3.63) is 546 Å². The molecule has 4 aromatic heterocycles. The quantitative estimate of drug-likeness (QED) is 0.0819. The third-order valence-corrected chi connectivity index (χ3v) is 28.6. The minimum Gasteiger partial charge on any atom is -0.456 e. The highest BCUT2D eigenvalue weighted by molar-refractivity contribution is 6.22. The second kappa shape index (κ2) is 38.0. The number of para-hydroxylation sites is 3. The molecule has 0 aliphatic heterocycles. The van der Waals surface area contributed by atoms with Crippen molar-refractivity contribution in [1.29, 1.82) is 0 Å². The van der Waals surface area contributed by atoms with Crippen LogP contribution in [0, 0.1) is 0 Å². The summed E-state index contributed by atoms with van der Waals surface area (Å²) in [6, 6.07) is 192. The molecule has 0 radical (unpaired) electrons. The van der Waals surface area contributed by atoms with Crippen LogP contribution >= 0.6 is 0 Å². The molecule has 0 unspecified atom stereocenters. The van der Waals surface area contributed by atoms with Crippen molar-refractivity contribution in [2.75, 3.05) is 14.7 Å². The van der Waals surface area contributed by atoms with Gasteiger partial charge in [-0.15, -0.1) is 0 Å². The van der Waals surface area contributed by atoms with E-state index in [4.69, 9.17) is 32.6 Å². The standard InChI is InChI=1S/C51H32N2O2.C49H32N2O.C39H26N2O/c1-3-9-33(10-4-1)34-19-24-40(25-20-34)53(42-28-29-44-43-13-7-8-14-47(43)54-48(44)32-42)41-26-21-35(22-27-41)39-18-16-36-15-17-37-23-30-46-50(49(37)45(36)31-39)55-51(52-46)38-11-5-2-6-12-38;1-3-10-33(11-4-1)35-22-26-42(27-23-35)51(44-28-24-34-12-7-8-15-39(34)30-44)43-17-9-16-40(31-43)41-21-19-36-18-20-37-25-29-46-48(47(37)45(36)32-41)52-49(50-46)38-13-5-2-6-14-38;1-4-10-30(11-5-1)39-40-36-25-22-29-18-16-28-17-19-31(26-35(28)37(29)38(36)42-39)27-20-23-34(24-21-27)41(32-12-6-2-7-13-32)33-14-8-3-9-15-33/h1-32H;1-32H;1-26H. The van der Waals surface area contributed by atoms with E-state index >= 15 is 0 Å². The predicted octanol–water partition coefficient (Wildman–Crippen LogP) is 39.2. The molecule has 0 N–H and O–H groups in total. The Labute approximate surface area is 859 Å². The van der Waals surface area contributed by atoms with Gasteiger partial charge in [0.25, 0.3) is 0 Å². The first-order chi connectivity index (χ1) is 73.8. The van der Waals surface area contributed by atoms with Crippen LogP contribution in [0.2, 0.25) is 0 Å². The van der Waals surface area contributed by atoms with Crippen LogP contribution in [0.25, 0.3) is 221 Å². The lowest BCUT2D eigenvalue weighted by molar-refractivity contribution is 0.623. The Morgan fingerprint density at radius 1 is 0.134 bits per heavy atom. The average Bonchev–Trinajstić information content (AvgIpc) is 1.75. The average molecular weight is 1910 g/mol. The molecule has 0 fully saturated rings. The van der Waals surface area contributed by atoms with Gasteiger partial charge in [-0.1, -0.05) is 352 Å².